The Labute approximate surface area is 484 Å². The number of benzene rings is 3. The molecule has 4 heterocycles. The van der Waals surface area contributed by atoms with Crippen LogP contribution < -0.4 is 4.90 Å². The van der Waals surface area contributed by atoms with Gasteiger partial charge in [0.1, 0.15) is 4.90 Å². The van der Waals surface area contributed by atoms with Gasteiger partial charge in [-0.2, -0.15) is 25.3 Å². The second kappa shape index (κ2) is 25.6. The second-order valence-corrected chi connectivity index (χ2v) is 25.1. The second-order valence-electron chi connectivity index (χ2n) is 20.7. The van der Waals surface area contributed by atoms with Crippen molar-refractivity contribution in [3.05, 3.63) is 125 Å². The van der Waals surface area contributed by atoms with E-state index in [1.807, 2.05) is 20.8 Å². The summed E-state index contributed by atoms with van der Waals surface area (Å²) in [5.74, 6) is -5.06. The van der Waals surface area contributed by atoms with Gasteiger partial charge in [-0.25, -0.2) is 19.6 Å². The first-order valence-electron chi connectivity index (χ1n) is 26.3. The van der Waals surface area contributed by atoms with Crippen LogP contribution in [0.2, 0.25) is 0 Å². The maximum atomic E-state index is 13.8. The van der Waals surface area contributed by atoms with Gasteiger partial charge in [0.2, 0.25) is 0 Å². The maximum Gasteiger partial charge on any atom is 0.363 e. The molecule has 0 aliphatic carbocycles. The number of fused-ring (bicyclic) bond motifs is 3. The van der Waals surface area contributed by atoms with E-state index in [1.54, 1.807) is 79.6 Å². The lowest BCUT2D eigenvalue weighted by atomic mass is 9.74. The summed E-state index contributed by atoms with van der Waals surface area (Å²) in [5, 5.41) is 1.99. The number of carbonyl (C=O) groups is 7. The van der Waals surface area contributed by atoms with Crippen LogP contribution >= 0.6 is 0 Å². The molecule has 0 aromatic heterocycles. The summed E-state index contributed by atoms with van der Waals surface area (Å²) in [6.07, 6.45) is 12.8. The molecular weight excluding hydrogens is 1160 g/mol. The fraction of sp³-hybridized carbons (Fsp3) is 0.375. The molecule has 448 valence electrons. The molecule has 4 aliphatic rings. The zero-order valence-corrected chi connectivity index (χ0v) is 49.1. The van der Waals surface area contributed by atoms with E-state index in [2.05, 4.69) is 4.99 Å². The van der Waals surface area contributed by atoms with Crippen LogP contribution in [0.25, 0.3) is 10.8 Å². The number of unbranched alkanes of at least 4 members (excludes halogenated alkanes) is 2. The molecule has 1 atom stereocenters. The van der Waals surface area contributed by atoms with Crippen molar-refractivity contribution in [2.24, 2.45) is 15.4 Å². The van der Waals surface area contributed by atoms with E-state index in [0.29, 0.717) is 69.3 Å². The Morgan fingerprint density at radius 2 is 1.40 bits per heavy atom. The Balaban J connectivity index is 1.15. The van der Waals surface area contributed by atoms with Crippen LogP contribution in [0.15, 0.2) is 128 Å². The van der Waals surface area contributed by atoms with E-state index < -0.39 is 98.2 Å². The summed E-state index contributed by atoms with van der Waals surface area (Å²) < 4.78 is 104. The van der Waals surface area contributed by atoms with Gasteiger partial charge in [0.05, 0.1) is 28.5 Å². The normalized spacial score (nSPS) is 20.0. The number of hydrogen-bond acceptors (Lipinski definition) is 18. The molecule has 0 spiro atoms. The number of allylic oxidation sites excluding steroid dienone is 7. The highest BCUT2D eigenvalue weighted by Gasteiger charge is 2.45. The first-order chi connectivity index (χ1) is 39.3. The Hall–Kier alpha value is -7.86. The van der Waals surface area contributed by atoms with E-state index in [-0.39, 0.29) is 85.8 Å². The molecule has 2 saturated heterocycles. The minimum Gasteiger partial charge on any atom is -0.347 e. The topological polar surface area (TPSA) is 348 Å². The quantitative estimate of drug-likeness (QED) is 0.0241. The summed E-state index contributed by atoms with van der Waals surface area (Å²) in [6, 6.07) is 10.8. The van der Waals surface area contributed by atoms with Gasteiger partial charge >= 0.3 is 11.9 Å². The summed E-state index contributed by atoms with van der Waals surface area (Å²) in [4.78, 5) is 112. The Bertz CT molecular complexity index is 3770. The van der Waals surface area contributed by atoms with E-state index >= 15 is 0 Å². The van der Waals surface area contributed by atoms with Gasteiger partial charge in [0.15, 0.2) is 5.84 Å². The zero-order chi connectivity index (χ0) is 61.7. The van der Waals surface area contributed by atoms with Crippen molar-refractivity contribution < 1.29 is 87.0 Å². The van der Waals surface area contributed by atoms with Crippen molar-refractivity contribution in [3.63, 3.8) is 0 Å². The van der Waals surface area contributed by atoms with Crippen molar-refractivity contribution in [2.75, 3.05) is 37.9 Å². The van der Waals surface area contributed by atoms with Gasteiger partial charge in [-0.1, -0.05) is 62.8 Å². The zero-order valence-electron chi connectivity index (χ0n) is 46.6. The molecule has 28 heteroatoms. The van der Waals surface area contributed by atoms with Crippen LogP contribution in [0.3, 0.4) is 0 Å². The lowest BCUT2D eigenvalue weighted by Gasteiger charge is -2.30. The third-order valence-electron chi connectivity index (χ3n) is 14.4. The third kappa shape index (κ3) is 14.5. The lowest BCUT2D eigenvalue weighted by Crippen LogP contribution is -2.32. The molecule has 3 aromatic carbocycles. The highest BCUT2D eigenvalue weighted by molar-refractivity contribution is 7.87. The number of rotatable bonds is 23. The van der Waals surface area contributed by atoms with E-state index in [1.165, 1.54) is 25.2 Å². The molecule has 3 N–H and O–H groups in total. The Kier molecular flexibility index (Phi) is 19.4. The van der Waals surface area contributed by atoms with Crippen molar-refractivity contribution in [3.8, 4) is 0 Å². The maximum absolute atomic E-state index is 13.8. The van der Waals surface area contributed by atoms with Crippen LogP contribution in [-0.2, 0) is 85.5 Å². The number of likely N-dealkylation sites (N-methyl/N-ethyl adjacent to an activating group) is 2. The minimum atomic E-state index is -5.07. The average molecular weight is 1220 g/mol. The Morgan fingerprint density at radius 3 is 2.00 bits per heavy atom. The minimum absolute atomic E-state index is 0.00795. The molecule has 1 unspecified atom stereocenters. The first-order valence-corrected chi connectivity index (χ1v) is 30.8. The number of imide groups is 2. The monoisotopic (exact) mass is 1220 g/mol. The number of amidine groups is 1. The number of nitrogens with zero attached hydrogens (tertiary/aromatic N) is 6. The standard InChI is InChI=1S/C56H62N6O19S3/c1-7-36(53(68)60(6)79-29-13-9-12-17-50(67)80-61-46(63)24-25-47(61)64)31-41-52(57-28-14-30-82(70,71)72)58-44(55(41,2)3)15-10-8-11-16-45-56(4,34-35-18-20-37(21-19-35)54(69)81-62-48(65)26-27-49(62)66)51-40-32-38(83(73,74)75)33-43(84(76,77)78)39(40)22-23-42(51)59(45)5/h7-8,10-11,15-16,18-23,31-33H,9,12-14,17,24-30,34H2,1-6H3,(H,70,71,72)(H,73,74,75)(H,76,77,78)/b11-8+,15-10+,36-7+,41-31+,45-16+,57-52-. The lowest BCUT2D eigenvalue weighted by molar-refractivity contribution is -0.197. The van der Waals surface area contributed by atoms with E-state index in [9.17, 15) is 72.5 Å². The highest BCUT2D eigenvalue weighted by atomic mass is 32.2. The van der Waals surface area contributed by atoms with Gasteiger partial charge in [-0.05, 0) is 105 Å². The predicted octanol–water partition coefficient (Wildman–Crippen LogP) is 6.09. The van der Waals surface area contributed by atoms with Gasteiger partial charge in [-0.15, -0.1) is 10.1 Å². The predicted molar refractivity (Wildman–Crippen MR) is 303 cm³/mol. The molecule has 0 radical (unpaired) electrons. The van der Waals surface area contributed by atoms with E-state index in [4.69, 9.17) is 19.5 Å². The number of carbonyl (C=O) groups excluding carboxylic acids is 7. The van der Waals surface area contributed by atoms with Crippen LogP contribution in [0.1, 0.15) is 107 Å². The summed E-state index contributed by atoms with van der Waals surface area (Å²) in [6.45, 7) is 7.19. The fourth-order valence-electron chi connectivity index (χ4n) is 10.0. The number of hydrogen-bond donors (Lipinski definition) is 3. The molecule has 0 saturated carbocycles. The fourth-order valence-corrected chi connectivity index (χ4v) is 11.8. The van der Waals surface area contributed by atoms with Crippen molar-refractivity contribution in [2.45, 2.75) is 107 Å². The molecular formula is C56H62N6O19S3. The highest BCUT2D eigenvalue weighted by Crippen LogP contribution is 2.53. The van der Waals surface area contributed by atoms with Gasteiger partial charge in [-0.3, -0.25) is 47.5 Å². The van der Waals surface area contributed by atoms with Crippen LogP contribution in [0, 0.1) is 5.41 Å². The van der Waals surface area contributed by atoms with Gasteiger partial charge in [0, 0.05) is 91.5 Å². The molecule has 7 rings (SSSR count). The summed E-state index contributed by atoms with van der Waals surface area (Å²) in [5.41, 5.74) is 1.16. The van der Waals surface area contributed by atoms with E-state index in [0.717, 1.165) is 11.1 Å². The van der Waals surface area contributed by atoms with Gasteiger partial charge < -0.3 is 14.6 Å². The summed E-state index contributed by atoms with van der Waals surface area (Å²) in [7, 11) is -11.3. The number of aliphatic imine (C=N–C) groups is 2. The molecule has 5 amide bonds. The van der Waals surface area contributed by atoms with Crippen LogP contribution in [0.4, 0.5) is 5.69 Å². The van der Waals surface area contributed by atoms with Crippen LogP contribution in [-0.4, -0.2) is 140 Å². The first kappa shape index (κ1) is 63.7. The largest absolute Gasteiger partial charge is 0.363 e. The average Bonchev–Trinajstić information content (AvgIpc) is 1.53. The van der Waals surface area contributed by atoms with Crippen LogP contribution in [0.5, 0.6) is 0 Å². The molecule has 25 nitrogen and oxygen atoms in total. The number of amides is 5. The number of hydroxylamine groups is 6. The molecule has 84 heavy (non-hydrogen) atoms. The smallest absolute Gasteiger partial charge is 0.347 e. The molecule has 2 fully saturated rings. The van der Waals surface area contributed by atoms with Gasteiger partial charge in [0.25, 0.3) is 59.9 Å². The SMILES string of the molecule is C\C=C(/C=C1\C(=N\CCCS(=O)(=O)O)N=C(/C=C/C=C/C=C2/N(C)c3ccc4c(S(=O)(=O)O)cc(S(=O)(=O)O)cc4c3C2(C)Cc2ccc(C(=O)ON3C(=O)CCC3=O)cc2)C1(C)C)C(=O)N(C)OCCCCCC(=O)ON1C(=O)CCC1=O. The van der Waals surface area contributed by atoms with Crippen molar-refractivity contribution in [1.82, 2.24) is 15.2 Å². The summed E-state index contributed by atoms with van der Waals surface area (Å²) >= 11 is 0. The number of anilines is 1. The van der Waals surface area contributed by atoms with Crippen molar-refractivity contribution >= 4 is 99.8 Å². The molecule has 3 aromatic rings. The Morgan fingerprint density at radius 1 is 0.774 bits per heavy atom. The molecule has 0 bridgehead atoms. The third-order valence-corrected chi connectivity index (χ3v) is 16.9. The van der Waals surface area contributed by atoms with Crippen molar-refractivity contribution in [1.29, 1.82) is 0 Å². The molecule has 4 aliphatic heterocycles.